The summed E-state index contributed by atoms with van der Waals surface area (Å²) in [7, 11) is 1.68. The highest BCUT2D eigenvalue weighted by molar-refractivity contribution is 5.55. The Labute approximate surface area is 108 Å². The molecule has 1 aromatic rings. The largest absolute Gasteiger partial charge is 0.496 e. The maximum Gasteiger partial charge on any atom is 0.235 e. The molecule has 3 heteroatoms. The SMILES string of the molecule is COc1c(C)c(C)cc(C)c1C1(N=C=O)CCC1. The summed E-state index contributed by atoms with van der Waals surface area (Å²) in [6.45, 7) is 6.18. The van der Waals surface area contributed by atoms with Crippen LogP contribution in [0.4, 0.5) is 0 Å². The van der Waals surface area contributed by atoms with Gasteiger partial charge in [0.1, 0.15) is 11.3 Å². The maximum absolute atomic E-state index is 10.7. The minimum absolute atomic E-state index is 0.393. The van der Waals surface area contributed by atoms with E-state index in [9.17, 15) is 4.79 Å². The molecule has 1 aliphatic carbocycles. The first-order chi connectivity index (χ1) is 8.55. The molecular formula is C15H19NO2. The number of methoxy groups -OCH3 is 1. The fourth-order valence-electron chi connectivity index (χ4n) is 2.90. The van der Waals surface area contributed by atoms with Crippen molar-refractivity contribution in [2.45, 2.75) is 45.6 Å². The summed E-state index contributed by atoms with van der Waals surface area (Å²) in [6, 6.07) is 2.15. The average molecular weight is 245 g/mol. The minimum Gasteiger partial charge on any atom is -0.496 e. The number of carbonyl (C=O) groups excluding carboxylic acids is 1. The molecule has 0 bridgehead atoms. The van der Waals surface area contributed by atoms with Gasteiger partial charge in [-0.1, -0.05) is 6.07 Å². The normalized spacial score (nSPS) is 16.7. The molecule has 0 unspecified atom stereocenters. The third-order valence-electron chi connectivity index (χ3n) is 4.10. The van der Waals surface area contributed by atoms with Gasteiger partial charge < -0.3 is 4.74 Å². The van der Waals surface area contributed by atoms with Crippen molar-refractivity contribution in [2.24, 2.45) is 4.99 Å². The van der Waals surface area contributed by atoms with E-state index in [-0.39, 0.29) is 0 Å². The van der Waals surface area contributed by atoms with Crippen LogP contribution in [0.15, 0.2) is 11.1 Å². The summed E-state index contributed by atoms with van der Waals surface area (Å²) >= 11 is 0. The summed E-state index contributed by atoms with van der Waals surface area (Å²) < 4.78 is 5.58. The molecule has 1 aromatic carbocycles. The van der Waals surface area contributed by atoms with Gasteiger partial charge in [-0.25, -0.2) is 4.79 Å². The van der Waals surface area contributed by atoms with Crippen LogP contribution in [0.3, 0.4) is 0 Å². The lowest BCUT2D eigenvalue weighted by atomic mass is 9.70. The second-order valence-electron chi connectivity index (χ2n) is 5.13. The van der Waals surface area contributed by atoms with E-state index in [4.69, 9.17) is 4.74 Å². The Hall–Kier alpha value is -1.60. The first kappa shape index (κ1) is 12.8. The van der Waals surface area contributed by atoms with Crippen molar-refractivity contribution >= 4 is 6.08 Å². The molecule has 0 saturated heterocycles. The van der Waals surface area contributed by atoms with Crippen molar-refractivity contribution in [3.8, 4) is 5.75 Å². The van der Waals surface area contributed by atoms with Crippen molar-refractivity contribution in [3.63, 3.8) is 0 Å². The zero-order chi connectivity index (χ0) is 13.3. The van der Waals surface area contributed by atoms with Gasteiger partial charge in [-0.2, -0.15) is 4.99 Å². The summed E-state index contributed by atoms with van der Waals surface area (Å²) in [5, 5.41) is 0. The van der Waals surface area contributed by atoms with Crippen LogP contribution < -0.4 is 4.74 Å². The predicted octanol–water partition coefficient (Wildman–Crippen LogP) is 3.34. The van der Waals surface area contributed by atoms with Gasteiger partial charge in [0, 0.05) is 5.56 Å². The van der Waals surface area contributed by atoms with Gasteiger partial charge in [-0.3, -0.25) is 0 Å². The smallest absolute Gasteiger partial charge is 0.235 e. The number of isocyanates is 1. The second-order valence-corrected chi connectivity index (χ2v) is 5.13. The molecule has 1 aliphatic rings. The average Bonchev–Trinajstić information content (AvgIpc) is 2.29. The molecule has 0 radical (unpaired) electrons. The topological polar surface area (TPSA) is 38.7 Å². The standard InChI is InChI=1S/C15H19NO2/c1-10-8-11(2)13(14(18-4)12(10)3)15(16-9-17)6-5-7-15/h8H,5-7H2,1-4H3. The molecule has 0 N–H and O–H groups in total. The van der Waals surface area contributed by atoms with Crippen LogP contribution in [0.25, 0.3) is 0 Å². The van der Waals surface area contributed by atoms with Crippen molar-refractivity contribution in [1.29, 1.82) is 0 Å². The van der Waals surface area contributed by atoms with E-state index >= 15 is 0 Å². The molecule has 0 aliphatic heterocycles. The van der Waals surface area contributed by atoms with Crippen LogP contribution in [-0.4, -0.2) is 13.2 Å². The van der Waals surface area contributed by atoms with Gasteiger partial charge in [0.2, 0.25) is 6.08 Å². The Morgan fingerprint density at radius 1 is 1.28 bits per heavy atom. The number of hydrogen-bond acceptors (Lipinski definition) is 3. The number of benzene rings is 1. The highest BCUT2D eigenvalue weighted by atomic mass is 16.5. The van der Waals surface area contributed by atoms with Gasteiger partial charge in [0.25, 0.3) is 0 Å². The Balaban J connectivity index is 2.70. The molecule has 1 saturated carbocycles. The number of ether oxygens (including phenoxy) is 1. The second kappa shape index (κ2) is 4.58. The van der Waals surface area contributed by atoms with E-state index in [0.717, 1.165) is 41.7 Å². The zero-order valence-corrected chi connectivity index (χ0v) is 11.5. The highest BCUT2D eigenvalue weighted by Crippen LogP contribution is 2.50. The zero-order valence-electron chi connectivity index (χ0n) is 11.5. The molecule has 0 aromatic heterocycles. The van der Waals surface area contributed by atoms with Crippen LogP contribution in [-0.2, 0) is 10.3 Å². The van der Waals surface area contributed by atoms with Gasteiger partial charge in [-0.15, -0.1) is 0 Å². The van der Waals surface area contributed by atoms with Crippen molar-refractivity contribution in [2.75, 3.05) is 7.11 Å². The summed E-state index contributed by atoms with van der Waals surface area (Å²) in [5.74, 6) is 0.881. The van der Waals surface area contributed by atoms with Crippen LogP contribution in [0.1, 0.15) is 41.5 Å². The van der Waals surface area contributed by atoms with Crippen LogP contribution in [0.5, 0.6) is 5.75 Å². The van der Waals surface area contributed by atoms with E-state index in [1.807, 2.05) is 6.92 Å². The molecular weight excluding hydrogens is 226 g/mol. The quantitative estimate of drug-likeness (QED) is 0.605. The molecule has 1 fully saturated rings. The lowest BCUT2D eigenvalue weighted by molar-refractivity contribution is 0.244. The molecule has 96 valence electrons. The molecule has 3 nitrogen and oxygen atoms in total. The van der Waals surface area contributed by atoms with Gasteiger partial charge >= 0.3 is 0 Å². The molecule has 0 amide bonds. The fraction of sp³-hybridized carbons (Fsp3) is 0.533. The van der Waals surface area contributed by atoms with Crippen molar-refractivity contribution < 1.29 is 9.53 Å². The van der Waals surface area contributed by atoms with Crippen molar-refractivity contribution in [1.82, 2.24) is 0 Å². The number of rotatable bonds is 3. The molecule has 2 rings (SSSR count). The monoisotopic (exact) mass is 245 g/mol. The molecule has 0 atom stereocenters. The third kappa shape index (κ3) is 1.75. The Morgan fingerprint density at radius 3 is 2.39 bits per heavy atom. The Bertz CT molecular complexity index is 524. The van der Waals surface area contributed by atoms with Crippen LogP contribution >= 0.6 is 0 Å². The van der Waals surface area contributed by atoms with Gasteiger partial charge in [0.15, 0.2) is 0 Å². The van der Waals surface area contributed by atoms with E-state index in [1.54, 1.807) is 13.2 Å². The van der Waals surface area contributed by atoms with E-state index in [1.165, 1.54) is 5.56 Å². The minimum atomic E-state index is -0.393. The van der Waals surface area contributed by atoms with E-state index in [2.05, 4.69) is 24.9 Å². The molecule has 18 heavy (non-hydrogen) atoms. The van der Waals surface area contributed by atoms with Crippen molar-refractivity contribution in [3.05, 3.63) is 28.3 Å². The number of aliphatic imine (C=N–C) groups is 1. The van der Waals surface area contributed by atoms with E-state index < -0.39 is 5.54 Å². The lowest BCUT2D eigenvalue weighted by Gasteiger charge is -2.39. The predicted molar refractivity (Wildman–Crippen MR) is 70.9 cm³/mol. The van der Waals surface area contributed by atoms with E-state index in [0.29, 0.717) is 0 Å². The number of nitrogens with zero attached hydrogens (tertiary/aromatic N) is 1. The third-order valence-corrected chi connectivity index (χ3v) is 4.10. The Morgan fingerprint density at radius 2 is 1.94 bits per heavy atom. The summed E-state index contributed by atoms with van der Waals surface area (Å²) in [6.07, 6.45) is 4.65. The number of hydrogen-bond donors (Lipinski definition) is 0. The maximum atomic E-state index is 10.7. The lowest BCUT2D eigenvalue weighted by Crippen LogP contribution is -2.33. The molecule has 0 spiro atoms. The van der Waals surface area contributed by atoms with Gasteiger partial charge in [-0.05, 0) is 56.7 Å². The first-order valence-electron chi connectivity index (χ1n) is 6.30. The van der Waals surface area contributed by atoms with Crippen LogP contribution in [0, 0.1) is 20.8 Å². The highest BCUT2D eigenvalue weighted by Gasteiger charge is 2.42. The van der Waals surface area contributed by atoms with Crippen LogP contribution in [0.2, 0.25) is 0 Å². The Kier molecular flexibility index (Phi) is 3.27. The summed E-state index contributed by atoms with van der Waals surface area (Å²) in [4.78, 5) is 14.8. The van der Waals surface area contributed by atoms with Gasteiger partial charge in [0.05, 0.1) is 7.11 Å². The first-order valence-corrected chi connectivity index (χ1v) is 6.30. The number of aryl methyl sites for hydroxylation is 2. The fourth-order valence-corrected chi connectivity index (χ4v) is 2.90. The molecule has 0 heterocycles. The summed E-state index contributed by atoms with van der Waals surface area (Å²) in [5.41, 5.74) is 4.16.